The molecule has 4 N–H and O–H groups in total. The molecule has 1 aromatic heterocycles. The van der Waals surface area contributed by atoms with E-state index < -0.39 is 4.92 Å². The number of aromatic hydroxyl groups is 1. The van der Waals surface area contributed by atoms with Crippen LogP contribution in [-0.4, -0.2) is 31.2 Å². The second-order valence-corrected chi connectivity index (χ2v) is 9.04. The van der Waals surface area contributed by atoms with Crippen molar-refractivity contribution in [2.45, 2.75) is 6.54 Å². The maximum absolute atomic E-state index is 10.9. The molecule has 182 valence electrons. The lowest BCUT2D eigenvalue weighted by Crippen LogP contribution is -2.09. The first-order valence-electron chi connectivity index (χ1n) is 10.4. The number of rotatable bonds is 9. The number of nitrogens with zero attached hydrogens (tertiary/aromatic N) is 5. The van der Waals surface area contributed by atoms with Gasteiger partial charge in [-0.15, -0.1) is 0 Å². The summed E-state index contributed by atoms with van der Waals surface area (Å²) in [6.45, 7) is 0.477. The molecule has 0 radical (unpaired) electrons. The molecule has 0 aliphatic carbocycles. The minimum Gasteiger partial charge on any atom is -0.506 e. The van der Waals surface area contributed by atoms with Crippen molar-refractivity contribution in [1.29, 1.82) is 0 Å². The predicted octanol–water partition coefficient (Wildman–Crippen LogP) is 5.81. The van der Waals surface area contributed by atoms with Crippen LogP contribution >= 0.6 is 31.9 Å². The van der Waals surface area contributed by atoms with Gasteiger partial charge in [-0.3, -0.25) is 10.1 Å². The van der Waals surface area contributed by atoms with Crippen LogP contribution in [0.2, 0.25) is 0 Å². The van der Waals surface area contributed by atoms with Gasteiger partial charge in [0.25, 0.3) is 5.69 Å². The van der Waals surface area contributed by atoms with Gasteiger partial charge in [-0.2, -0.15) is 20.1 Å². The van der Waals surface area contributed by atoms with Crippen LogP contribution in [0.3, 0.4) is 0 Å². The molecule has 0 amide bonds. The Bertz CT molecular complexity index is 1400. The van der Waals surface area contributed by atoms with Gasteiger partial charge in [-0.05, 0) is 45.8 Å². The maximum atomic E-state index is 10.9. The van der Waals surface area contributed by atoms with Crippen LogP contribution in [0.4, 0.5) is 29.2 Å². The summed E-state index contributed by atoms with van der Waals surface area (Å²) in [5.41, 5.74) is 4.77. The van der Waals surface area contributed by atoms with Gasteiger partial charge in [0.2, 0.25) is 17.8 Å². The third-order valence-corrected chi connectivity index (χ3v) is 5.75. The second kappa shape index (κ2) is 11.6. The van der Waals surface area contributed by atoms with Gasteiger partial charge in [0.05, 0.1) is 15.6 Å². The fourth-order valence-corrected chi connectivity index (χ4v) is 4.24. The highest BCUT2D eigenvalue weighted by molar-refractivity contribution is 9.11. The molecule has 13 heteroatoms. The number of aromatic nitrogens is 3. The highest BCUT2D eigenvalue weighted by Crippen LogP contribution is 2.30. The molecule has 0 unspecified atom stereocenters. The number of hydrogen-bond acceptors (Lipinski definition) is 10. The third kappa shape index (κ3) is 6.73. The van der Waals surface area contributed by atoms with Gasteiger partial charge < -0.3 is 15.7 Å². The monoisotopic (exact) mass is 612 g/mol. The topological polar surface area (TPSA) is 150 Å². The molecule has 0 fully saturated rings. The Hall–Kier alpha value is -4.10. The Morgan fingerprint density at radius 2 is 1.67 bits per heavy atom. The smallest absolute Gasteiger partial charge is 0.269 e. The van der Waals surface area contributed by atoms with E-state index in [0.717, 1.165) is 10.0 Å². The van der Waals surface area contributed by atoms with E-state index >= 15 is 0 Å². The fraction of sp³-hybridized carbons (Fsp3) is 0.0435. The van der Waals surface area contributed by atoms with E-state index in [0.29, 0.717) is 22.3 Å². The highest BCUT2D eigenvalue weighted by atomic mass is 79.9. The van der Waals surface area contributed by atoms with E-state index in [1.54, 1.807) is 24.3 Å². The normalized spacial score (nSPS) is 10.8. The van der Waals surface area contributed by atoms with Gasteiger partial charge in [0.15, 0.2) is 0 Å². The Labute approximate surface area is 222 Å². The summed E-state index contributed by atoms with van der Waals surface area (Å²) in [5, 5.41) is 31.4. The Balaban J connectivity index is 1.56. The molecule has 4 aromatic rings. The van der Waals surface area contributed by atoms with Crippen molar-refractivity contribution in [3.05, 3.63) is 96.9 Å². The Morgan fingerprint density at radius 3 is 2.39 bits per heavy atom. The number of phenolic OH excluding ortho intramolecular Hbond substituents is 1. The van der Waals surface area contributed by atoms with Crippen molar-refractivity contribution in [3.63, 3.8) is 0 Å². The van der Waals surface area contributed by atoms with Crippen LogP contribution in [-0.2, 0) is 6.54 Å². The van der Waals surface area contributed by atoms with Crippen molar-refractivity contribution in [3.8, 4) is 5.75 Å². The molecule has 0 aliphatic rings. The molecule has 1 heterocycles. The summed E-state index contributed by atoms with van der Waals surface area (Å²) < 4.78 is 1.27. The van der Waals surface area contributed by atoms with E-state index in [1.807, 2.05) is 30.3 Å². The number of hydrazone groups is 1. The van der Waals surface area contributed by atoms with Crippen LogP contribution in [0.15, 0.2) is 80.8 Å². The number of non-ortho nitro benzene ring substituents is 1. The maximum Gasteiger partial charge on any atom is 0.269 e. The summed E-state index contributed by atoms with van der Waals surface area (Å²) >= 11 is 6.66. The number of phenols is 1. The van der Waals surface area contributed by atoms with Gasteiger partial charge in [-0.25, -0.2) is 5.43 Å². The van der Waals surface area contributed by atoms with Crippen LogP contribution in [0.25, 0.3) is 0 Å². The van der Waals surface area contributed by atoms with Crippen molar-refractivity contribution >= 4 is 67.3 Å². The van der Waals surface area contributed by atoms with Crippen LogP contribution in [0.1, 0.15) is 11.1 Å². The first kappa shape index (κ1) is 25.0. The molecule has 0 spiro atoms. The number of benzene rings is 3. The first-order chi connectivity index (χ1) is 17.4. The van der Waals surface area contributed by atoms with Crippen molar-refractivity contribution in [2.75, 3.05) is 16.1 Å². The largest absolute Gasteiger partial charge is 0.506 e. The number of halogens is 2. The number of nitro groups is 1. The fourth-order valence-electron chi connectivity index (χ4n) is 2.98. The number of anilines is 4. The molecule has 36 heavy (non-hydrogen) atoms. The SMILES string of the molecule is O=[N+]([O-])c1ccc(Nc2nc(NCc3ccccc3)nc(N/N=C/c3cc(Br)cc(Br)c3O)n2)cc1. The van der Waals surface area contributed by atoms with Crippen molar-refractivity contribution in [2.24, 2.45) is 5.10 Å². The zero-order valence-corrected chi connectivity index (χ0v) is 21.6. The zero-order chi connectivity index (χ0) is 25.5. The van der Waals surface area contributed by atoms with Gasteiger partial charge in [0, 0.05) is 34.4 Å². The summed E-state index contributed by atoms with van der Waals surface area (Å²) in [6.07, 6.45) is 1.43. The van der Waals surface area contributed by atoms with Crippen molar-refractivity contribution in [1.82, 2.24) is 15.0 Å². The van der Waals surface area contributed by atoms with Crippen LogP contribution in [0.5, 0.6) is 5.75 Å². The summed E-state index contributed by atoms with van der Waals surface area (Å²) in [6, 6.07) is 19.0. The number of nitrogens with one attached hydrogen (secondary N) is 3. The highest BCUT2D eigenvalue weighted by Gasteiger charge is 2.10. The van der Waals surface area contributed by atoms with E-state index in [2.05, 4.69) is 68.0 Å². The predicted molar refractivity (Wildman–Crippen MR) is 145 cm³/mol. The minimum atomic E-state index is -0.472. The lowest BCUT2D eigenvalue weighted by molar-refractivity contribution is -0.384. The molecule has 0 saturated heterocycles. The zero-order valence-electron chi connectivity index (χ0n) is 18.4. The average Bonchev–Trinajstić information content (AvgIpc) is 2.86. The van der Waals surface area contributed by atoms with Gasteiger partial charge in [-0.1, -0.05) is 46.3 Å². The Kier molecular flexibility index (Phi) is 8.02. The molecule has 0 atom stereocenters. The first-order valence-corrected chi connectivity index (χ1v) is 12.0. The molecule has 3 aromatic carbocycles. The van der Waals surface area contributed by atoms with Crippen LogP contribution in [0, 0.1) is 10.1 Å². The van der Waals surface area contributed by atoms with Gasteiger partial charge >= 0.3 is 0 Å². The van der Waals surface area contributed by atoms with Crippen LogP contribution < -0.4 is 16.1 Å². The lowest BCUT2D eigenvalue weighted by atomic mass is 10.2. The van der Waals surface area contributed by atoms with E-state index in [9.17, 15) is 15.2 Å². The second-order valence-electron chi connectivity index (χ2n) is 7.27. The lowest BCUT2D eigenvalue weighted by Gasteiger charge is -2.10. The molecular formula is C23H18Br2N8O3. The summed E-state index contributed by atoms with van der Waals surface area (Å²) in [5.74, 6) is 0.643. The average molecular weight is 614 g/mol. The van der Waals surface area contributed by atoms with E-state index in [-0.39, 0.29) is 29.3 Å². The molecule has 4 rings (SSSR count). The molecule has 11 nitrogen and oxygen atoms in total. The standard InChI is InChI=1S/C23H18Br2N8O3/c24-16-10-15(20(34)19(25)11-16)13-27-32-23-30-21(26-12-14-4-2-1-3-5-14)29-22(31-23)28-17-6-8-18(9-7-17)33(35)36/h1-11,13,34H,12H2,(H3,26,28,29,30,31,32)/b27-13+. The molecular weight excluding hydrogens is 596 g/mol. The minimum absolute atomic E-state index is 0.0273. The van der Waals surface area contributed by atoms with Crippen molar-refractivity contribution < 1.29 is 10.0 Å². The van der Waals surface area contributed by atoms with E-state index in [1.165, 1.54) is 18.3 Å². The van der Waals surface area contributed by atoms with E-state index in [4.69, 9.17) is 0 Å². The summed E-state index contributed by atoms with van der Waals surface area (Å²) in [7, 11) is 0. The molecule has 0 bridgehead atoms. The third-order valence-electron chi connectivity index (χ3n) is 4.69. The number of nitro benzene ring substituents is 1. The summed E-state index contributed by atoms with van der Waals surface area (Å²) in [4.78, 5) is 23.5. The quantitative estimate of drug-likeness (QED) is 0.104. The number of hydrogen-bond donors (Lipinski definition) is 4. The van der Waals surface area contributed by atoms with Gasteiger partial charge in [0.1, 0.15) is 5.75 Å². The Morgan fingerprint density at radius 1 is 0.972 bits per heavy atom. The molecule has 0 aliphatic heterocycles. The molecule has 0 saturated carbocycles.